The summed E-state index contributed by atoms with van der Waals surface area (Å²) in [4.78, 5) is 32.8. The van der Waals surface area contributed by atoms with E-state index < -0.39 is 5.83 Å². The van der Waals surface area contributed by atoms with Gasteiger partial charge in [0.25, 0.3) is 11.8 Å². The number of pyridine rings is 1. The van der Waals surface area contributed by atoms with Gasteiger partial charge in [0.15, 0.2) is 0 Å². The van der Waals surface area contributed by atoms with Crippen molar-refractivity contribution >= 4 is 39.1 Å². The van der Waals surface area contributed by atoms with Crippen LogP contribution in [-0.2, 0) is 4.79 Å². The van der Waals surface area contributed by atoms with Crippen molar-refractivity contribution in [1.29, 1.82) is 0 Å². The molecule has 1 aromatic carbocycles. The average molecular weight is 487 g/mol. The molecule has 0 radical (unpaired) electrons. The minimum Gasteiger partial charge on any atom is -0.368 e. The molecule has 3 rings (SSSR count). The molecule has 1 aliphatic rings. The van der Waals surface area contributed by atoms with Crippen LogP contribution in [0.25, 0.3) is 0 Å². The fraction of sp³-hybridized carbons (Fsp3) is 0.261. The number of amides is 2. The van der Waals surface area contributed by atoms with E-state index >= 15 is 0 Å². The van der Waals surface area contributed by atoms with Crippen LogP contribution in [0.1, 0.15) is 24.2 Å². The number of nitrogens with one attached hydrogen (secondary N) is 1. The summed E-state index contributed by atoms with van der Waals surface area (Å²) in [6.07, 6.45) is 5.95. The monoisotopic (exact) mass is 486 g/mol. The van der Waals surface area contributed by atoms with Gasteiger partial charge in [-0.1, -0.05) is 12.2 Å². The highest BCUT2D eigenvalue weighted by Crippen LogP contribution is 2.22. The lowest BCUT2D eigenvalue weighted by atomic mass is 10.1. The van der Waals surface area contributed by atoms with Gasteiger partial charge in [0.2, 0.25) is 0 Å². The van der Waals surface area contributed by atoms with Crippen molar-refractivity contribution in [3.05, 3.63) is 76.3 Å². The Hall–Kier alpha value is -3.00. The van der Waals surface area contributed by atoms with Crippen LogP contribution in [0.2, 0.25) is 0 Å². The summed E-state index contributed by atoms with van der Waals surface area (Å²) in [7, 11) is 0. The zero-order valence-corrected chi connectivity index (χ0v) is 19.0. The van der Waals surface area contributed by atoms with E-state index in [-0.39, 0.29) is 17.4 Å². The zero-order valence-electron chi connectivity index (χ0n) is 17.4. The number of allylic oxidation sites excluding steroid dienone is 2. The van der Waals surface area contributed by atoms with E-state index in [0.717, 1.165) is 10.2 Å². The lowest BCUT2D eigenvalue weighted by molar-refractivity contribution is -0.127. The molecule has 2 heterocycles. The van der Waals surface area contributed by atoms with Crippen molar-refractivity contribution < 1.29 is 14.0 Å². The molecule has 1 aliphatic heterocycles. The second kappa shape index (κ2) is 10.3. The highest BCUT2D eigenvalue weighted by atomic mass is 79.9. The molecule has 2 amide bonds. The first kappa shape index (κ1) is 22.7. The molecule has 0 unspecified atom stereocenters. The topological polar surface area (TPSA) is 65.5 Å². The van der Waals surface area contributed by atoms with Crippen molar-refractivity contribution in [2.45, 2.75) is 13.8 Å². The SMILES string of the molecule is CC=C(F)C(=CC)C(=O)N1CCN(c2ccc(NC(=O)c3cncc(Br)c3)cc2)CC1. The zero-order chi connectivity index (χ0) is 22.4. The number of piperazine rings is 1. The van der Waals surface area contributed by atoms with E-state index in [0.29, 0.717) is 37.4 Å². The molecule has 0 spiro atoms. The molecule has 0 saturated carbocycles. The van der Waals surface area contributed by atoms with Gasteiger partial charge in [0.1, 0.15) is 5.83 Å². The predicted octanol–water partition coefficient (Wildman–Crippen LogP) is 4.56. The molecule has 1 N–H and O–H groups in total. The Bertz CT molecular complexity index is 1010. The van der Waals surface area contributed by atoms with Crippen molar-refractivity contribution in [3.63, 3.8) is 0 Å². The molecule has 1 aromatic heterocycles. The third-order valence-electron chi connectivity index (χ3n) is 5.05. The smallest absolute Gasteiger partial charge is 0.257 e. The van der Waals surface area contributed by atoms with E-state index in [1.54, 1.807) is 31.0 Å². The Morgan fingerprint density at radius 3 is 2.32 bits per heavy atom. The maximum Gasteiger partial charge on any atom is 0.257 e. The van der Waals surface area contributed by atoms with E-state index in [9.17, 15) is 14.0 Å². The number of carbonyl (C=O) groups excluding carboxylic acids is 2. The Kier molecular flexibility index (Phi) is 7.57. The molecule has 2 aromatic rings. The fourth-order valence-corrected chi connectivity index (χ4v) is 3.72. The minimum atomic E-state index is -0.494. The highest BCUT2D eigenvalue weighted by Gasteiger charge is 2.25. The Morgan fingerprint density at radius 1 is 1.06 bits per heavy atom. The molecule has 1 saturated heterocycles. The largest absolute Gasteiger partial charge is 0.368 e. The van der Waals surface area contributed by atoms with Crippen molar-refractivity contribution in [2.24, 2.45) is 0 Å². The Labute approximate surface area is 189 Å². The summed E-state index contributed by atoms with van der Waals surface area (Å²) >= 11 is 3.31. The molecule has 0 atom stereocenters. The lowest BCUT2D eigenvalue weighted by Crippen LogP contribution is -2.49. The quantitative estimate of drug-likeness (QED) is 0.496. The Morgan fingerprint density at radius 2 is 1.74 bits per heavy atom. The third kappa shape index (κ3) is 5.58. The van der Waals surface area contributed by atoms with Crippen molar-refractivity contribution in [3.8, 4) is 0 Å². The van der Waals surface area contributed by atoms with Crippen molar-refractivity contribution in [1.82, 2.24) is 9.88 Å². The number of halogens is 2. The van der Waals surface area contributed by atoms with Crippen LogP contribution in [0.5, 0.6) is 0 Å². The van der Waals surface area contributed by atoms with E-state index in [1.807, 2.05) is 24.3 Å². The van der Waals surface area contributed by atoms with Gasteiger partial charge in [-0.3, -0.25) is 14.6 Å². The van der Waals surface area contributed by atoms with Gasteiger partial charge in [0, 0.05) is 54.4 Å². The predicted molar refractivity (Wildman–Crippen MR) is 124 cm³/mol. The van der Waals surface area contributed by atoms with E-state index in [1.165, 1.54) is 18.3 Å². The van der Waals surface area contributed by atoms with Crippen LogP contribution in [0, 0.1) is 0 Å². The Balaban J connectivity index is 1.58. The maximum atomic E-state index is 13.9. The second-order valence-corrected chi connectivity index (χ2v) is 7.93. The van der Waals surface area contributed by atoms with Gasteiger partial charge in [-0.25, -0.2) is 4.39 Å². The van der Waals surface area contributed by atoms with Gasteiger partial charge >= 0.3 is 0 Å². The molecular weight excluding hydrogens is 463 g/mol. The number of hydrogen-bond acceptors (Lipinski definition) is 4. The lowest BCUT2D eigenvalue weighted by Gasteiger charge is -2.36. The summed E-state index contributed by atoms with van der Waals surface area (Å²) in [6, 6.07) is 9.26. The van der Waals surface area contributed by atoms with Gasteiger partial charge < -0.3 is 15.1 Å². The van der Waals surface area contributed by atoms with Crippen LogP contribution < -0.4 is 10.2 Å². The molecule has 0 bridgehead atoms. The normalized spacial score (nSPS) is 15.1. The first-order chi connectivity index (χ1) is 14.9. The first-order valence-corrected chi connectivity index (χ1v) is 10.8. The maximum absolute atomic E-state index is 13.9. The van der Waals surface area contributed by atoms with Crippen LogP contribution in [0.3, 0.4) is 0 Å². The van der Waals surface area contributed by atoms with Gasteiger partial charge in [-0.15, -0.1) is 0 Å². The molecule has 6 nitrogen and oxygen atoms in total. The summed E-state index contributed by atoms with van der Waals surface area (Å²) < 4.78 is 14.6. The van der Waals surface area contributed by atoms with Crippen LogP contribution in [-0.4, -0.2) is 47.9 Å². The van der Waals surface area contributed by atoms with Crippen molar-refractivity contribution in [2.75, 3.05) is 36.4 Å². The van der Waals surface area contributed by atoms with Crippen LogP contribution in [0.4, 0.5) is 15.8 Å². The number of aromatic nitrogens is 1. The number of anilines is 2. The van der Waals surface area contributed by atoms with Crippen LogP contribution in [0.15, 0.2) is 70.8 Å². The summed E-state index contributed by atoms with van der Waals surface area (Å²) in [5.74, 6) is -1.01. The third-order valence-corrected chi connectivity index (χ3v) is 5.49. The van der Waals surface area contributed by atoms with E-state index in [4.69, 9.17) is 0 Å². The second-order valence-electron chi connectivity index (χ2n) is 7.01. The summed E-state index contributed by atoms with van der Waals surface area (Å²) in [6.45, 7) is 5.57. The van der Waals surface area contributed by atoms with Gasteiger partial charge in [-0.05, 0) is 60.1 Å². The molecule has 31 heavy (non-hydrogen) atoms. The molecule has 0 aliphatic carbocycles. The molecule has 8 heteroatoms. The average Bonchev–Trinajstić information content (AvgIpc) is 2.80. The van der Waals surface area contributed by atoms with Gasteiger partial charge in [0.05, 0.1) is 11.1 Å². The van der Waals surface area contributed by atoms with E-state index in [2.05, 4.69) is 31.1 Å². The first-order valence-electron chi connectivity index (χ1n) is 9.97. The number of benzene rings is 1. The molecular formula is C23H24BrFN4O2. The van der Waals surface area contributed by atoms with Gasteiger partial charge in [-0.2, -0.15) is 0 Å². The standard InChI is InChI=1S/C23H24BrFN4O2/c1-3-20(21(25)4-2)23(31)29-11-9-28(10-12-29)19-7-5-18(6-8-19)27-22(30)16-13-17(24)15-26-14-16/h3-8,13-15H,9-12H2,1-2H3,(H,27,30). The number of carbonyl (C=O) groups is 2. The summed E-state index contributed by atoms with van der Waals surface area (Å²) in [5, 5.41) is 2.85. The number of rotatable bonds is 5. The molecule has 1 fully saturated rings. The number of nitrogens with zero attached hydrogens (tertiary/aromatic N) is 3. The highest BCUT2D eigenvalue weighted by molar-refractivity contribution is 9.10. The summed E-state index contributed by atoms with van der Waals surface area (Å²) in [5.41, 5.74) is 2.26. The minimum absolute atomic E-state index is 0.108. The fourth-order valence-electron chi connectivity index (χ4n) is 3.35. The molecule has 162 valence electrons. The number of hydrogen-bond donors (Lipinski definition) is 1. The van der Waals surface area contributed by atoms with Crippen LogP contribution >= 0.6 is 15.9 Å².